The third-order valence-electron chi connectivity index (χ3n) is 4.68. The predicted octanol–water partition coefficient (Wildman–Crippen LogP) is 6.08. The summed E-state index contributed by atoms with van der Waals surface area (Å²) in [5.74, 6) is 0.457. The van der Waals surface area contributed by atoms with Crippen LogP contribution in [0.5, 0.6) is 0 Å². The first-order valence-corrected chi connectivity index (χ1v) is 12.7. The number of alkyl carbamates (subject to hydrolysis) is 1. The molecule has 4 rings (SSSR count). The first kappa shape index (κ1) is 24.4. The normalized spacial score (nSPS) is 12.6. The number of carbonyl (C=O) groups is 1. The second-order valence-corrected chi connectivity index (χ2v) is 11.1. The molecule has 0 aliphatic carbocycles. The van der Waals surface area contributed by atoms with Gasteiger partial charge in [-0.3, -0.25) is 0 Å². The highest BCUT2D eigenvalue weighted by Gasteiger charge is 2.26. The molecule has 178 valence electrons. The van der Waals surface area contributed by atoms with Gasteiger partial charge >= 0.3 is 6.09 Å². The highest BCUT2D eigenvalue weighted by molar-refractivity contribution is 8.00. The van der Waals surface area contributed by atoms with Gasteiger partial charge in [0, 0.05) is 22.8 Å². The minimum atomic E-state index is -0.639. The van der Waals surface area contributed by atoms with Crippen molar-refractivity contribution in [3.63, 3.8) is 0 Å². The SMILES string of the molecule is CC(C)(C)OC(=O)NC(Cc1ccccc1)c1nnc2sc(SCc3c(F)cccc3Cl)nn12. The van der Waals surface area contributed by atoms with Crippen LogP contribution in [0.4, 0.5) is 9.18 Å². The predicted molar refractivity (Wildman–Crippen MR) is 132 cm³/mol. The Balaban J connectivity index is 1.58. The van der Waals surface area contributed by atoms with Crippen molar-refractivity contribution < 1.29 is 13.9 Å². The number of nitrogens with one attached hydrogen (secondary N) is 1. The number of fused-ring (bicyclic) bond motifs is 1. The van der Waals surface area contributed by atoms with Gasteiger partial charge in [-0.15, -0.1) is 15.3 Å². The van der Waals surface area contributed by atoms with E-state index in [-0.39, 0.29) is 5.82 Å². The standard InChI is InChI=1S/C23H23ClFN5O2S2/c1-23(2,3)32-21(31)26-18(12-14-8-5-4-6-9-14)19-27-28-20-30(19)29-22(34-20)33-13-15-16(24)10-7-11-17(15)25/h4-11,18H,12-13H2,1-3H3,(H,26,31). The highest BCUT2D eigenvalue weighted by atomic mass is 35.5. The zero-order valence-corrected chi connectivity index (χ0v) is 21.2. The lowest BCUT2D eigenvalue weighted by Gasteiger charge is -2.22. The first-order chi connectivity index (χ1) is 16.2. The maximum Gasteiger partial charge on any atom is 0.408 e. The summed E-state index contributed by atoms with van der Waals surface area (Å²) in [6.45, 7) is 5.42. The fourth-order valence-electron chi connectivity index (χ4n) is 3.20. The molecular weight excluding hydrogens is 497 g/mol. The van der Waals surface area contributed by atoms with Crippen LogP contribution in [0.25, 0.3) is 4.96 Å². The molecule has 1 unspecified atom stereocenters. The molecule has 2 heterocycles. The van der Waals surface area contributed by atoms with Crippen LogP contribution in [-0.2, 0) is 16.9 Å². The molecule has 2 aromatic carbocycles. The molecule has 1 amide bonds. The average molecular weight is 520 g/mol. The first-order valence-electron chi connectivity index (χ1n) is 10.5. The van der Waals surface area contributed by atoms with Crippen LogP contribution in [0.1, 0.15) is 43.8 Å². The molecule has 0 fully saturated rings. The van der Waals surface area contributed by atoms with Crippen molar-refractivity contribution in [2.45, 2.75) is 48.9 Å². The summed E-state index contributed by atoms with van der Waals surface area (Å²) in [6, 6.07) is 13.9. The van der Waals surface area contributed by atoms with E-state index < -0.39 is 17.7 Å². The zero-order valence-electron chi connectivity index (χ0n) is 18.8. The molecule has 0 aliphatic heterocycles. The fraction of sp³-hybridized carbons (Fsp3) is 0.304. The smallest absolute Gasteiger partial charge is 0.408 e. The van der Waals surface area contributed by atoms with Gasteiger partial charge < -0.3 is 10.1 Å². The molecule has 0 spiro atoms. The summed E-state index contributed by atoms with van der Waals surface area (Å²) in [5.41, 5.74) is 0.799. The summed E-state index contributed by atoms with van der Waals surface area (Å²) in [4.78, 5) is 13.1. The van der Waals surface area contributed by atoms with E-state index in [1.54, 1.807) is 37.4 Å². The lowest BCUT2D eigenvalue weighted by molar-refractivity contribution is 0.0500. The largest absolute Gasteiger partial charge is 0.444 e. The molecule has 2 aromatic heterocycles. The number of aromatic nitrogens is 4. The van der Waals surface area contributed by atoms with Crippen molar-refractivity contribution in [2.24, 2.45) is 0 Å². The number of nitrogens with zero attached hydrogens (tertiary/aromatic N) is 4. The van der Waals surface area contributed by atoms with E-state index in [1.807, 2.05) is 30.3 Å². The van der Waals surface area contributed by atoms with E-state index in [1.165, 1.54) is 29.2 Å². The number of ether oxygens (including phenoxy) is 1. The Morgan fingerprint density at radius 3 is 2.68 bits per heavy atom. The number of carbonyl (C=O) groups excluding carboxylic acids is 1. The molecule has 1 N–H and O–H groups in total. The second kappa shape index (κ2) is 10.3. The second-order valence-electron chi connectivity index (χ2n) is 8.50. The third kappa shape index (κ3) is 6.05. The summed E-state index contributed by atoms with van der Waals surface area (Å²) in [6.07, 6.45) is -0.0738. The molecule has 34 heavy (non-hydrogen) atoms. The number of hydrogen-bond donors (Lipinski definition) is 1. The fourth-order valence-corrected chi connectivity index (χ4v) is 5.43. The van der Waals surface area contributed by atoms with Gasteiger partial charge in [-0.25, -0.2) is 9.18 Å². The number of hydrogen-bond acceptors (Lipinski definition) is 7. The molecule has 1 atom stereocenters. The molecule has 7 nitrogen and oxygen atoms in total. The van der Waals surface area contributed by atoms with Crippen LogP contribution >= 0.6 is 34.7 Å². The Kier molecular flexibility index (Phi) is 7.39. The molecule has 0 bridgehead atoms. The summed E-state index contributed by atoms with van der Waals surface area (Å²) >= 11 is 8.84. The van der Waals surface area contributed by atoms with E-state index in [0.29, 0.717) is 37.9 Å². The van der Waals surface area contributed by atoms with E-state index in [4.69, 9.17) is 16.3 Å². The van der Waals surface area contributed by atoms with Crippen LogP contribution in [0.15, 0.2) is 52.9 Å². The van der Waals surface area contributed by atoms with Gasteiger partial charge in [0.05, 0.1) is 6.04 Å². The zero-order chi connectivity index (χ0) is 24.3. The van der Waals surface area contributed by atoms with Crippen LogP contribution in [-0.4, -0.2) is 31.5 Å². The number of benzene rings is 2. The topological polar surface area (TPSA) is 81.4 Å². The summed E-state index contributed by atoms with van der Waals surface area (Å²) in [5, 5.41) is 16.4. The third-order valence-corrected chi connectivity index (χ3v) is 7.10. The van der Waals surface area contributed by atoms with E-state index in [0.717, 1.165) is 5.56 Å². The maximum absolute atomic E-state index is 14.1. The van der Waals surface area contributed by atoms with Crippen molar-refractivity contribution in [1.29, 1.82) is 0 Å². The molecule has 11 heteroatoms. The van der Waals surface area contributed by atoms with E-state index in [2.05, 4.69) is 20.6 Å². The van der Waals surface area contributed by atoms with Crippen molar-refractivity contribution in [1.82, 2.24) is 25.1 Å². The molecule has 0 radical (unpaired) electrons. The van der Waals surface area contributed by atoms with Crippen LogP contribution in [0.2, 0.25) is 5.02 Å². The van der Waals surface area contributed by atoms with Gasteiger partial charge in [0.1, 0.15) is 11.4 Å². The maximum atomic E-state index is 14.1. The molecule has 0 saturated carbocycles. The van der Waals surface area contributed by atoms with Crippen molar-refractivity contribution in [2.75, 3.05) is 0 Å². The minimum Gasteiger partial charge on any atom is -0.444 e. The molecule has 4 aromatic rings. The van der Waals surface area contributed by atoms with Crippen molar-refractivity contribution >= 4 is 45.8 Å². The lowest BCUT2D eigenvalue weighted by Crippen LogP contribution is -2.36. The monoisotopic (exact) mass is 519 g/mol. The van der Waals surface area contributed by atoms with Crippen LogP contribution in [0, 0.1) is 5.82 Å². The van der Waals surface area contributed by atoms with Gasteiger partial charge in [0.15, 0.2) is 10.2 Å². The Bertz CT molecular complexity index is 1270. The number of amides is 1. The van der Waals surface area contributed by atoms with E-state index >= 15 is 0 Å². The number of halogens is 2. The minimum absolute atomic E-state index is 0.328. The van der Waals surface area contributed by atoms with Crippen LogP contribution < -0.4 is 5.32 Å². The summed E-state index contributed by atoms with van der Waals surface area (Å²) < 4.78 is 21.9. The molecule has 0 aliphatic rings. The highest BCUT2D eigenvalue weighted by Crippen LogP contribution is 2.32. The van der Waals surface area contributed by atoms with Gasteiger partial charge in [0.2, 0.25) is 4.96 Å². The Morgan fingerprint density at radius 1 is 1.21 bits per heavy atom. The summed E-state index contributed by atoms with van der Waals surface area (Å²) in [7, 11) is 0. The van der Waals surface area contributed by atoms with Gasteiger partial charge in [-0.05, 0) is 38.5 Å². The van der Waals surface area contributed by atoms with Crippen molar-refractivity contribution in [3.05, 3.63) is 76.3 Å². The molecular formula is C23H23ClFN5O2S2. The van der Waals surface area contributed by atoms with Crippen LogP contribution in [0.3, 0.4) is 0 Å². The Labute approximate surface area is 209 Å². The quantitative estimate of drug-likeness (QED) is 0.298. The van der Waals surface area contributed by atoms with Gasteiger partial charge in [-0.2, -0.15) is 4.52 Å². The average Bonchev–Trinajstić information content (AvgIpc) is 3.33. The molecule has 0 saturated heterocycles. The Morgan fingerprint density at radius 2 is 1.97 bits per heavy atom. The Hall–Kier alpha value is -2.69. The van der Waals surface area contributed by atoms with Crippen molar-refractivity contribution in [3.8, 4) is 0 Å². The number of rotatable bonds is 7. The van der Waals surface area contributed by atoms with Gasteiger partial charge in [0.25, 0.3) is 0 Å². The number of thioether (sulfide) groups is 1. The lowest BCUT2D eigenvalue weighted by atomic mass is 10.1. The van der Waals surface area contributed by atoms with Gasteiger partial charge in [-0.1, -0.05) is 71.1 Å². The van der Waals surface area contributed by atoms with E-state index in [9.17, 15) is 9.18 Å².